The number of amides is 4. The Morgan fingerprint density at radius 3 is 2.49 bits per heavy atom. The van der Waals surface area contributed by atoms with Crippen molar-refractivity contribution in [3.8, 4) is 5.75 Å². The smallest absolute Gasteiger partial charge is 0.289 e. The van der Waals surface area contributed by atoms with Crippen molar-refractivity contribution in [3.05, 3.63) is 48.4 Å². The molecule has 2 aliphatic rings. The maximum absolute atomic E-state index is 13.1. The van der Waals surface area contributed by atoms with E-state index in [0.717, 1.165) is 0 Å². The maximum atomic E-state index is 13.1. The van der Waals surface area contributed by atoms with Crippen LogP contribution in [0.1, 0.15) is 17.0 Å². The van der Waals surface area contributed by atoms with Crippen molar-refractivity contribution in [1.29, 1.82) is 0 Å². The minimum Gasteiger partial charge on any atom is -0.497 e. The third-order valence-corrected chi connectivity index (χ3v) is 6.15. The predicted molar refractivity (Wildman–Crippen MR) is 126 cm³/mol. The fraction of sp³-hybridized carbons (Fsp3) is 0.417. The Hall–Kier alpha value is -3.86. The molecule has 1 atom stereocenters. The monoisotopic (exact) mass is 483 g/mol. The third kappa shape index (κ3) is 5.99. The first kappa shape index (κ1) is 24.3. The Morgan fingerprint density at radius 2 is 1.83 bits per heavy atom. The van der Waals surface area contributed by atoms with Crippen molar-refractivity contribution in [2.45, 2.75) is 12.5 Å². The highest BCUT2D eigenvalue weighted by atomic mass is 16.5. The average Bonchev–Trinajstić information content (AvgIpc) is 3.41. The van der Waals surface area contributed by atoms with Gasteiger partial charge >= 0.3 is 0 Å². The van der Waals surface area contributed by atoms with Crippen LogP contribution in [0.4, 0.5) is 5.69 Å². The molecule has 0 spiro atoms. The van der Waals surface area contributed by atoms with Gasteiger partial charge in [-0.25, -0.2) is 0 Å². The lowest BCUT2D eigenvalue weighted by Crippen LogP contribution is -2.60. The van der Waals surface area contributed by atoms with E-state index < -0.39 is 6.04 Å². The van der Waals surface area contributed by atoms with Crippen LogP contribution in [-0.2, 0) is 14.4 Å². The van der Waals surface area contributed by atoms with Crippen LogP contribution in [0.25, 0.3) is 0 Å². The molecule has 4 rings (SSSR count). The van der Waals surface area contributed by atoms with Gasteiger partial charge in [0.05, 0.1) is 26.3 Å². The summed E-state index contributed by atoms with van der Waals surface area (Å²) < 4.78 is 10.3. The fourth-order valence-corrected chi connectivity index (χ4v) is 4.23. The van der Waals surface area contributed by atoms with Crippen LogP contribution in [0.2, 0.25) is 0 Å². The van der Waals surface area contributed by atoms with Crippen molar-refractivity contribution < 1.29 is 28.3 Å². The Kier molecular flexibility index (Phi) is 7.66. The van der Waals surface area contributed by atoms with E-state index in [1.54, 1.807) is 48.4 Å². The summed E-state index contributed by atoms with van der Waals surface area (Å²) in [5.41, 5.74) is 0.576. The number of methoxy groups -OCH3 is 1. The summed E-state index contributed by atoms with van der Waals surface area (Å²) in [7, 11) is 1.56. The number of carbonyl (C=O) groups excluding carboxylic acids is 4. The number of benzene rings is 1. The zero-order valence-corrected chi connectivity index (χ0v) is 19.6. The second kappa shape index (κ2) is 11.0. The molecule has 4 amide bonds. The first-order chi connectivity index (χ1) is 16.9. The SMILES string of the molecule is COc1ccc(NC(=O)C[C@@H]2C(=O)NCCN2C(=O)CN2CCN(C(=O)c3ccco3)CC2)cc1. The van der Waals surface area contributed by atoms with Gasteiger partial charge in [0.25, 0.3) is 5.91 Å². The number of piperazine rings is 2. The lowest BCUT2D eigenvalue weighted by Gasteiger charge is -2.38. The summed E-state index contributed by atoms with van der Waals surface area (Å²) in [4.78, 5) is 55.8. The number of nitrogens with one attached hydrogen (secondary N) is 2. The summed E-state index contributed by atoms with van der Waals surface area (Å²) in [5.74, 6) is -0.129. The second-order valence-corrected chi connectivity index (χ2v) is 8.42. The number of ether oxygens (including phenoxy) is 1. The second-order valence-electron chi connectivity index (χ2n) is 8.42. The van der Waals surface area contributed by atoms with Gasteiger partial charge in [-0.05, 0) is 36.4 Å². The van der Waals surface area contributed by atoms with Crippen LogP contribution < -0.4 is 15.4 Å². The van der Waals surface area contributed by atoms with Gasteiger partial charge in [-0.15, -0.1) is 0 Å². The van der Waals surface area contributed by atoms with Gasteiger partial charge in [-0.2, -0.15) is 0 Å². The highest BCUT2D eigenvalue weighted by molar-refractivity contribution is 5.97. The quantitative estimate of drug-likeness (QED) is 0.584. The van der Waals surface area contributed by atoms with Crippen molar-refractivity contribution in [3.63, 3.8) is 0 Å². The zero-order chi connectivity index (χ0) is 24.8. The van der Waals surface area contributed by atoms with Gasteiger partial charge < -0.3 is 29.6 Å². The molecule has 2 N–H and O–H groups in total. The minimum absolute atomic E-state index is 0.118. The number of nitrogens with zero attached hydrogens (tertiary/aromatic N) is 3. The zero-order valence-electron chi connectivity index (χ0n) is 19.6. The number of anilines is 1. The van der Waals surface area contributed by atoms with E-state index in [4.69, 9.17) is 9.15 Å². The molecule has 35 heavy (non-hydrogen) atoms. The standard InChI is InChI=1S/C24H29N5O6/c1-34-18-6-4-17(5-7-18)26-21(30)15-19-23(32)25-8-9-29(19)22(31)16-27-10-12-28(13-11-27)24(33)20-3-2-14-35-20/h2-7,14,19H,8-13,15-16H2,1H3,(H,25,32)(H,26,30)/t19-/m1/s1. The van der Waals surface area contributed by atoms with Gasteiger partial charge in [-0.3, -0.25) is 24.1 Å². The summed E-state index contributed by atoms with van der Waals surface area (Å²) in [6, 6.07) is 9.28. The summed E-state index contributed by atoms with van der Waals surface area (Å²) in [5, 5.41) is 5.50. The molecule has 2 aromatic rings. The molecule has 2 aliphatic heterocycles. The van der Waals surface area contributed by atoms with E-state index in [0.29, 0.717) is 56.5 Å². The predicted octanol–water partition coefficient (Wildman–Crippen LogP) is 0.402. The normalized spacial score (nSPS) is 18.7. The lowest BCUT2D eigenvalue weighted by molar-refractivity contribution is -0.145. The molecule has 0 radical (unpaired) electrons. The van der Waals surface area contributed by atoms with Crippen LogP contribution in [0.5, 0.6) is 5.75 Å². The first-order valence-electron chi connectivity index (χ1n) is 11.5. The molecule has 3 heterocycles. The fourth-order valence-electron chi connectivity index (χ4n) is 4.23. The molecule has 2 saturated heterocycles. The van der Waals surface area contributed by atoms with Crippen LogP contribution in [0.3, 0.4) is 0 Å². The van der Waals surface area contributed by atoms with Crippen molar-refractivity contribution >= 4 is 29.3 Å². The molecule has 11 heteroatoms. The number of rotatable bonds is 7. The number of hydrogen-bond donors (Lipinski definition) is 2. The summed E-state index contributed by atoms with van der Waals surface area (Å²) >= 11 is 0. The van der Waals surface area contributed by atoms with E-state index in [-0.39, 0.29) is 36.6 Å². The first-order valence-corrected chi connectivity index (χ1v) is 11.5. The van der Waals surface area contributed by atoms with Crippen LogP contribution >= 0.6 is 0 Å². The highest BCUT2D eigenvalue weighted by Crippen LogP contribution is 2.17. The van der Waals surface area contributed by atoms with E-state index in [9.17, 15) is 19.2 Å². The van der Waals surface area contributed by atoms with E-state index in [2.05, 4.69) is 10.6 Å². The molecule has 2 fully saturated rings. The van der Waals surface area contributed by atoms with E-state index in [1.807, 2.05) is 4.90 Å². The number of furan rings is 1. The molecule has 0 bridgehead atoms. The lowest BCUT2D eigenvalue weighted by atomic mass is 10.1. The van der Waals surface area contributed by atoms with Crippen LogP contribution in [0, 0.1) is 0 Å². The van der Waals surface area contributed by atoms with Gasteiger partial charge in [0.1, 0.15) is 11.8 Å². The largest absolute Gasteiger partial charge is 0.497 e. The third-order valence-electron chi connectivity index (χ3n) is 6.15. The Balaban J connectivity index is 1.30. The molecular formula is C24H29N5O6. The van der Waals surface area contributed by atoms with E-state index >= 15 is 0 Å². The molecule has 1 aromatic carbocycles. The van der Waals surface area contributed by atoms with Gasteiger partial charge in [0.15, 0.2) is 5.76 Å². The maximum Gasteiger partial charge on any atom is 0.289 e. The summed E-state index contributed by atoms with van der Waals surface area (Å²) in [6.45, 7) is 2.80. The Bertz CT molecular complexity index is 1050. The van der Waals surface area contributed by atoms with Gasteiger partial charge in [0.2, 0.25) is 17.7 Å². The van der Waals surface area contributed by atoms with Crippen molar-refractivity contribution in [2.24, 2.45) is 0 Å². The Labute approximate surface area is 203 Å². The molecule has 0 aliphatic carbocycles. The molecule has 0 unspecified atom stereocenters. The number of hydrogen-bond acceptors (Lipinski definition) is 7. The number of carbonyl (C=O) groups is 4. The molecule has 11 nitrogen and oxygen atoms in total. The molecule has 186 valence electrons. The van der Waals surface area contributed by atoms with Gasteiger partial charge in [0, 0.05) is 45.0 Å². The van der Waals surface area contributed by atoms with E-state index in [1.165, 1.54) is 11.2 Å². The Morgan fingerprint density at radius 1 is 1.09 bits per heavy atom. The van der Waals surface area contributed by atoms with Crippen molar-refractivity contribution in [2.75, 3.05) is 58.2 Å². The summed E-state index contributed by atoms with van der Waals surface area (Å²) in [6.07, 6.45) is 1.32. The molecular weight excluding hydrogens is 454 g/mol. The minimum atomic E-state index is -0.878. The van der Waals surface area contributed by atoms with Crippen molar-refractivity contribution in [1.82, 2.24) is 20.0 Å². The molecule has 0 saturated carbocycles. The van der Waals surface area contributed by atoms with Gasteiger partial charge in [-0.1, -0.05) is 0 Å². The topological polar surface area (TPSA) is 124 Å². The van der Waals surface area contributed by atoms with Crippen LogP contribution in [0.15, 0.2) is 47.1 Å². The molecule has 1 aromatic heterocycles. The average molecular weight is 484 g/mol. The highest BCUT2D eigenvalue weighted by Gasteiger charge is 2.35. The van der Waals surface area contributed by atoms with Crippen LogP contribution in [-0.4, -0.2) is 97.3 Å².